The summed E-state index contributed by atoms with van der Waals surface area (Å²) < 4.78 is 1.27. The van der Waals surface area contributed by atoms with E-state index in [1.165, 1.54) is 31.9 Å². The Morgan fingerprint density at radius 2 is 2.00 bits per heavy atom. The third kappa shape index (κ3) is 2.67. The van der Waals surface area contributed by atoms with Crippen LogP contribution in [0.3, 0.4) is 0 Å². The van der Waals surface area contributed by atoms with Crippen molar-refractivity contribution in [3.05, 3.63) is 57.7 Å². The third-order valence-corrected chi connectivity index (χ3v) is 4.92. The van der Waals surface area contributed by atoms with Crippen molar-refractivity contribution in [3.8, 4) is 0 Å². The van der Waals surface area contributed by atoms with Crippen LogP contribution >= 0.6 is 34.4 Å². The van der Waals surface area contributed by atoms with Crippen LogP contribution in [0.25, 0.3) is 0 Å². The van der Waals surface area contributed by atoms with Crippen molar-refractivity contribution in [3.63, 3.8) is 0 Å². The molecule has 0 bridgehead atoms. The van der Waals surface area contributed by atoms with Crippen molar-refractivity contribution in [1.82, 2.24) is 0 Å². The van der Waals surface area contributed by atoms with Gasteiger partial charge in [0.15, 0.2) is 0 Å². The number of hydrogen-bond acceptors (Lipinski definition) is 2. The van der Waals surface area contributed by atoms with Crippen molar-refractivity contribution in [1.29, 1.82) is 0 Å². The number of benzene rings is 2. The Kier molecular flexibility index (Phi) is 3.80. The zero-order valence-electron chi connectivity index (χ0n) is 9.90. The van der Waals surface area contributed by atoms with Crippen LogP contribution in [0.5, 0.6) is 0 Å². The Hall–Kier alpha value is -0.680. The molecule has 1 N–H and O–H groups in total. The molecule has 0 fully saturated rings. The highest BCUT2D eigenvalue weighted by Gasteiger charge is 2.19. The minimum atomic E-state index is 0.445. The van der Waals surface area contributed by atoms with Gasteiger partial charge in [0.2, 0.25) is 0 Å². The molecule has 0 radical (unpaired) electrons. The Bertz CT molecular complexity index is 556. The molecule has 0 spiro atoms. The Labute approximate surface area is 126 Å². The molecule has 0 aromatic heterocycles. The van der Waals surface area contributed by atoms with Gasteiger partial charge < -0.3 is 5.32 Å². The number of halogens is 1. The molecule has 0 aliphatic carbocycles. The second-order valence-electron chi connectivity index (χ2n) is 4.38. The van der Waals surface area contributed by atoms with Gasteiger partial charge in [-0.1, -0.05) is 24.3 Å². The molecule has 1 unspecified atom stereocenters. The summed E-state index contributed by atoms with van der Waals surface area (Å²) in [6.07, 6.45) is 1.19. The highest BCUT2D eigenvalue weighted by Crippen LogP contribution is 2.37. The van der Waals surface area contributed by atoms with Gasteiger partial charge in [-0.05, 0) is 58.8 Å². The summed E-state index contributed by atoms with van der Waals surface area (Å²) in [4.78, 5) is 1.42. The molecular formula is C15H14INS. The van der Waals surface area contributed by atoms with Crippen LogP contribution in [0.4, 0.5) is 5.69 Å². The maximum absolute atomic E-state index is 3.66. The lowest BCUT2D eigenvalue weighted by Crippen LogP contribution is -2.15. The summed E-state index contributed by atoms with van der Waals surface area (Å²) >= 11 is 4.32. The fourth-order valence-corrected chi connectivity index (χ4v) is 3.94. The topological polar surface area (TPSA) is 12.0 Å². The monoisotopic (exact) mass is 367 g/mol. The first-order chi connectivity index (χ1) is 8.83. The minimum absolute atomic E-state index is 0.445. The van der Waals surface area contributed by atoms with E-state index in [4.69, 9.17) is 0 Å². The molecule has 1 heterocycles. The summed E-state index contributed by atoms with van der Waals surface area (Å²) in [5, 5.41) is 3.66. The summed E-state index contributed by atoms with van der Waals surface area (Å²) in [6.45, 7) is 0. The lowest BCUT2D eigenvalue weighted by molar-refractivity contribution is 0.728. The molecule has 0 saturated heterocycles. The quantitative estimate of drug-likeness (QED) is 0.755. The number of hydrogen-bond donors (Lipinski definition) is 1. The smallest absolute Gasteiger partial charge is 0.0532 e. The maximum atomic E-state index is 3.66. The fourth-order valence-electron chi connectivity index (χ4n) is 2.27. The third-order valence-electron chi connectivity index (χ3n) is 3.12. The molecule has 2 aromatic rings. The number of anilines is 1. The van der Waals surface area contributed by atoms with Crippen LogP contribution < -0.4 is 5.32 Å². The van der Waals surface area contributed by atoms with Crippen LogP contribution in [-0.4, -0.2) is 5.75 Å². The van der Waals surface area contributed by atoms with Gasteiger partial charge >= 0.3 is 0 Å². The van der Waals surface area contributed by atoms with Gasteiger partial charge in [-0.3, -0.25) is 0 Å². The fraction of sp³-hybridized carbons (Fsp3) is 0.200. The van der Waals surface area contributed by atoms with E-state index in [0.717, 1.165) is 0 Å². The number of thioether (sulfide) groups is 1. The SMILES string of the molecule is Ic1cccc(NC2CCSc3ccccc32)c1. The number of fused-ring (bicyclic) bond motifs is 1. The van der Waals surface area contributed by atoms with E-state index < -0.39 is 0 Å². The second kappa shape index (κ2) is 5.53. The molecule has 0 amide bonds. The van der Waals surface area contributed by atoms with Gasteiger partial charge in [-0.25, -0.2) is 0 Å². The van der Waals surface area contributed by atoms with Crippen molar-refractivity contribution >= 4 is 40.0 Å². The maximum Gasteiger partial charge on any atom is 0.0532 e. The van der Waals surface area contributed by atoms with Gasteiger partial charge in [0, 0.05) is 19.9 Å². The van der Waals surface area contributed by atoms with Gasteiger partial charge in [-0.15, -0.1) is 11.8 Å². The molecule has 3 heteroatoms. The van der Waals surface area contributed by atoms with Crippen molar-refractivity contribution in [2.24, 2.45) is 0 Å². The highest BCUT2D eigenvalue weighted by molar-refractivity contribution is 14.1. The summed E-state index contributed by atoms with van der Waals surface area (Å²) in [7, 11) is 0. The van der Waals surface area contributed by atoms with Crippen LogP contribution in [0.1, 0.15) is 18.0 Å². The molecular weight excluding hydrogens is 353 g/mol. The Morgan fingerprint density at radius 1 is 1.11 bits per heavy atom. The van der Waals surface area contributed by atoms with Crippen molar-refractivity contribution in [2.75, 3.05) is 11.1 Å². The van der Waals surface area contributed by atoms with E-state index >= 15 is 0 Å². The van der Waals surface area contributed by atoms with Crippen molar-refractivity contribution < 1.29 is 0 Å². The van der Waals surface area contributed by atoms with Crippen LogP contribution in [0.15, 0.2) is 53.4 Å². The first kappa shape index (κ1) is 12.4. The predicted octanol–water partition coefficient (Wildman–Crippen LogP) is 4.94. The molecule has 1 nitrogen and oxygen atoms in total. The molecule has 1 atom stereocenters. The number of nitrogens with one attached hydrogen (secondary N) is 1. The van der Waals surface area contributed by atoms with Crippen molar-refractivity contribution in [2.45, 2.75) is 17.4 Å². The summed E-state index contributed by atoms with van der Waals surface area (Å²) in [6, 6.07) is 17.7. The van der Waals surface area contributed by atoms with Crippen LogP contribution in [-0.2, 0) is 0 Å². The number of rotatable bonds is 2. The molecule has 1 aliphatic heterocycles. The zero-order chi connectivity index (χ0) is 12.4. The normalized spacial score (nSPS) is 18.2. The van der Waals surface area contributed by atoms with Crippen LogP contribution in [0.2, 0.25) is 0 Å². The summed E-state index contributed by atoms with van der Waals surface area (Å²) in [5.74, 6) is 1.19. The van der Waals surface area contributed by atoms with E-state index in [1.54, 1.807) is 0 Å². The lowest BCUT2D eigenvalue weighted by atomic mass is 10.0. The second-order valence-corrected chi connectivity index (χ2v) is 6.76. The molecule has 0 saturated carbocycles. The van der Waals surface area contributed by atoms with E-state index in [-0.39, 0.29) is 0 Å². The van der Waals surface area contributed by atoms with Gasteiger partial charge in [-0.2, -0.15) is 0 Å². The van der Waals surface area contributed by atoms with E-state index in [1.807, 2.05) is 11.8 Å². The Morgan fingerprint density at radius 3 is 2.89 bits per heavy atom. The molecule has 92 valence electrons. The first-order valence-corrected chi connectivity index (χ1v) is 8.13. The zero-order valence-corrected chi connectivity index (χ0v) is 12.9. The standard InChI is InChI=1S/C15H14INS/c16-11-4-3-5-12(10-11)17-14-8-9-18-15-7-2-1-6-13(14)15/h1-7,10,14,17H,8-9H2. The lowest BCUT2D eigenvalue weighted by Gasteiger charge is -2.26. The molecule has 2 aromatic carbocycles. The van der Waals surface area contributed by atoms with E-state index in [9.17, 15) is 0 Å². The van der Waals surface area contributed by atoms with E-state index in [2.05, 4.69) is 76.4 Å². The largest absolute Gasteiger partial charge is 0.378 e. The molecule has 1 aliphatic rings. The average molecular weight is 367 g/mol. The van der Waals surface area contributed by atoms with Gasteiger partial charge in [0.1, 0.15) is 0 Å². The predicted molar refractivity (Wildman–Crippen MR) is 87.3 cm³/mol. The Balaban J connectivity index is 1.86. The van der Waals surface area contributed by atoms with Gasteiger partial charge in [0.25, 0.3) is 0 Å². The van der Waals surface area contributed by atoms with E-state index in [0.29, 0.717) is 6.04 Å². The minimum Gasteiger partial charge on any atom is -0.378 e. The molecule has 3 rings (SSSR count). The highest BCUT2D eigenvalue weighted by atomic mass is 127. The molecule has 18 heavy (non-hydrogen) atoms. The van der Waals surface area contributed by atoms with Crippen LogP contribution in [0, 0.1) is 3.57 Å². The average Bonchev–Trinajstić information content (AvgIpc) is 2.39. The summed E-state index contributed by atoms with van der Waals surface area (Å²) in [5.41, 5.74) is 2.65. The van der Waals surface area contributed by atoms with Gasteiger partial charge in [0.05, 0.1) is 6.04 Å². The first-order valence-electron chi connectivity index (χ1n) is 6.07.